The van der Waals surface area contributed by atoms with Gasteiger partial charge in [-0.3, -0.25) is 14.9 Å². The number of carbonyl (C=O) groups is 2. The molecule has 0 saturated heterocycles. The minimum atomic E-state index is -0.617. The molecule has 5 nitrogen and oxygen atoms in total. The van der Waals surface area contributed by atoms with Crippen molar-refractivity contribution in [3.05, 3.63) is 35.9 Å². The Bertz CT molecular complexity index is 480. The number of nitrogens with one attached hydrogen (secondary N) is 1. The van der Waals surface area contributed by atoms with E-state index < -0.39 is 23.6 Å². The molecule has 1 aromatic rings. The van der Waals surface area contributed by atoms with E-state index in [0.717, 1.165) is 5.56 Å². The Morgan fingerprint density at radius 2 is 1.81 bits per heavy atom. The maximum atomic E-state index is 12.3. The van der Waals surface area contributed by atoms with Gasteiger partial charge in [0.15, 0.2) is 0 Å². The molecule has 0 bridgehead atoms. The normalized spacial score (nSPS) is 14.3. The molecule has 1 amide bonds. The predicted octanol–water partition coefficient (Wildman–Crippen LogP) is 1.40. The SMILES string of the molecule is C[C@H](N[C@@H](Cc1ccccc1)C(=O)OC(C)(C)C)C(N)=O. The molecule has 0 aliphatic carbocycles. The summed E-state index contributed by atoms with van der Waals surface area (Å²) < 4.78 is 5.40. The fraction of sp³-hybridized carbons (Fsp3) is 0.500. The van der Waals surface area contributed by atoms with Crippen molar-refractivity contribution in [1.82, 2.24) is 5.32 Å². The number of primary amides is 1. The van der Waals surface area contributed by atoms with E-state index in [4.69, 9.17) is 10.5 Å². The van der Waals surface area contributed by atoms with Gasteiger partial charge in [-0.2, -0.15) is 0 Å². The zero-order chi connectivity index (χ0) is 16.0. The van der Waals surface area contributed by atoms with Gasteiger partial charge in [-0.15, -0.1) is 0 Å². The first-order valence-electron chi connectivity index (χ1n) is 7.01. The van der Waals surface area contributed by atoms with Crippen LogP contribution in [-0.2, 0) is 20.7 Å². The lowest BCUT2D eigenvalue weighted by Gasteiger charge is -2.26. The highest BCUT2D eigenvalue weighted by Gasteiger charge is 2.27. The molecule has 5 heteroatoms. The summed E-state index contributed by atoms with van der Waals surface area (Å²) in [6.07, 6.45) is 0.438. The molecule has 0 spiro atoms. The highest BCUT2D eigenvalue weighted by molar-refractivity contribution is 5.82. The summed E-state index contributed by atoms with van der Waals surface area (Å²) in [5.74, 6) is -0.893. The van der Waals surface area contributed by atoms with Gasteiger partial charge in [-0.1, -0.05) is 30.3 Å². The van der Waals surface area contributed by atoms with E-state index in [2.05, 4.69) is 5.32 Å². The molecule has 116 valence electrons. The van der Waals surface area contributed by atoms with Crippen LogP contribution in [0, 0.1) is 0 Å². The molecule has 0 saturated carbocycles. The minimum Gasteiger partial charge on any atom is -0.459 e. The van der Waals surface area contributed by atoms with Crippen molar-refractivity contribution in [3.8, 4) is 0 Å². The van der Waals surface area contributed by atoms with Gasteiger partial charge in [0.2, 0.25) is 5.91 Å². The maximum Gasteiger partial charge on any atom is 0.324 e. The third-order valence-corrected chi connectivity index (χ3v) is 2.85. The molecule has 2 atom stereocenters. The summed E-state index contributed by atoms with van der Waals surface area (Å²) in [7, 11) is 0. The topological polar surface area (TPSA) is 81.4 Å². The summed E-state index contributed by atoms with van der Waals surface area (Å²) in [4.78, 5) is 23.5. The van der Waals surface area contributed by atoms with Gasteiger partial charge in [-0.05, 0) is 39.7 Å². The lowest BCUT2D eigenvalue weighted by Crippen LogP contribution is -2.50. The molecular formula is C16H24N2O3. The number of benzene rings is 1. The number of carbonyl (C=O) groups excluding carboxylic acids is 2. The number of hydrogen-bond donors (Lipinski definition) is 2. The number of esters is 1. The molecule has 0 heterocycles. The van der Waals surface area contributed by atoms with Crippen molar-refractivity contribution in [3.63, 3.8) is 0 Å². The largest absolute Gasteiger partial charge is 0.459 e. The number of ether oxygens (including phenoxy) is 1. The van der Waals surface area contributed by atoms with Crippen LogP contribution in [0.1, 0.15) is 33.3 Å². The first kappa shape index (κ1) is 17.2. The van der Waals surface area contributed by atoms with Gasteiger partial charge in [0.05, 0.1) is 6.04 Å². The van der Waals surface area contributed by atoms with E-state index in [1.54, 1.807) is 6.92 Å². The molecule has 3 N–H and O–H groups in total. The summed E-state index contributed by atoms with van der Waals surface area (Å²) in [6, 6.07) is 8.34. The number of rotatable bonds is 6. The van der Waals surface area contributed by atoms with Gasteiger partial charge in [0, 0.05) is 0 Å². The highest BCUT2D eigenvalue weighted by Crippen LogP contribution is 2.12. The minimum absolute atomic E-state index is 0.389. The molecule has 0 fully saturated rings. The van der Waals surface area contributed by atoms with E-state index in [-0.39, 0.29) is 5.97 Å². The van der Waals surface area contributed by atoms with E-state index in [9.17, 15) is 9.59 Å². The molecule has 0 aromatic heterocycles. The van der Waals surface area contributed by atoms with Crippen molar-refractivity contribution >= 4 is 11.9 Å². The van der Waals surface area contributed by atoms with E-state index >= 15 is 0 Å². The van der Waals surface area contributed by atoms with Gasteiger partial charge in [-0.25, -0.2) is 0 Å². The third kappa shape index (κ3) is 6.40. The lowest BCUT2D eigenvalue weighted by molar-refractivity contribution is -0.157. The van der Waals surface area contributed by atoms with Crippen molar-refractivity contribution in [2.45, 2.75) is 51.8 Å². The highest BCUT2D eigenvalue weighted by atomic mass is 16.6. The molecular weight excluding hydrogens is 268 g/mol. The Labute approximate surface area is 125 Å². The summed E-state index contributed by atoms with van der Waals surface area (Å²) in [6.45, 7) is 7.05. The van der Waals surface area contributed by atoms with Crippen molar-refractivity contribution in [2.75, 3.05) is 0 Å². The molecule has 0 aliphatic heterocycles. The monoisotopic (exact) mass is 292 g/mol. The second-order valence-corrected chi connectivity index (χ2v) is 6.07. The Balaban J connectivity index is 2.83. The predicted molar refractivity (Wildman–Crippen MR) is 81.6 cm³/mol. The van der Waals surface area contributed by atoms with Gasteiger partial charge in [0.1, 0.15) is 11.6 Å². The molecule has 21 heavy (non-hydrogen) atoms. The van der Waals surface area contributed by atoms with Crippen LogP contribution in [0.15, 0.2) is 30.3 Å². The van der Waals surface area contributed by atoms with Gasteiger partial charge in [0.25, 0.3) is 0 Å². The Kier molecular flexibility index (Phi) is 5.90. The van der Waals surface area contributed by atoms with Gasteiger partial charge >= 0.3 is 5.97 Å². The summed E-state index contributed by atoms with van der Waals surface area (Å²) in [5.41, 5.74) is 5.66. The number of amides is 1. The maximum absolute atomic E-state index is 12.3. The average molecular weight is 292 g/mol. The molecule has 0 radical (unpaired) electrons. The Morgan fingerprint density at radius 1 is 1.24 bits per heavy atom. The lowest BCUT2D eigenvalue weighted by atomic mass is 10.0. The number of hydrogen-bond acceptors (Lipinski definition) is 4. The molecule has 1 aromatic carbocycles. The van der Waals surface area contributed by atoms with E-state index in [1.165, 1.54) is 0 Å². The van der Waals surface area contributed by atoms with Crippen LogP contribution in [0.5, 0.6) is 0 Å². The summed E-state index contributed by atoms with van der Waals surface area (Å²) in [5, 5.41) is 2.94. The zero-order valence-corrected chi connectivity index (χ0v) is 13.1. The fourth-order valence-electron chi connectivity index (χ4n) is 1.82. The molecule has 0 unspecified atom stereocenters. The van der Waals surface area contributed by atoms with Crippen LogP contribution in [-0.4, -0.2) is 29.6 Å². The Morgan fingerprint density at radius 3 is 2.29 bits per heavy atom. The molecule has 1 rings (SSSR count). The standard InChI is InChI=1S/C16H24N2O3/c1-11(14(17)19)18-13(15(20)21-16(2,3)4)10-12-8-6-5-7-9-12/h5-9,11,13,18H,10H2,1-4H3,(H2,17,19)/t11-,13-/m0/s1. The Hall–Kier alpha value is -1.88. The van der Waals surface area contributed by atoms with Crippen molar-refractivity contribution < 1.29 is 14.3 Å². The molecule has 0 aliphatic rings. The first-order chi connectivity index (χ1) is 9.69. The van der Waals surface area contributed by atoms with Crippen LogP contribution >= 0.6 is 0 Å². The van der Waals surface area contributed by atoms with E-state index in [0.29, 0.717) is 6.42 Å². The van der Waals surface area contributed by atoms with Crippen LogP contribution in [0.2, 0.25) is 0 Å². The quantitative estimate of drug-likeness (QED) is 0.777. The first-order valence-corrected chi connectivity index (χ1v) is 7.01. The van der Waals surface area contributed by atoms with E-state index in [1.807, 2.05) is 51.1 Å². The summed E-state index contributed by atoms with van der Waals surface area (Å²) >= 11 is 0. The average Bonchev–Trinajstić information content (AvgIpc) is 2.36. The smallest absolute Gasteiger partial charge is 0.324 e. The van der Waals surface area contributed by atoms with Gasteiger partial charge < -0.3 is 10.5 Å². The second kappa shape index (κ2) is 7.22. The van der Waals surface area contributed by atoms with Crippen molar-refractivity contribution in [1.29, 1.82) is 0 Å². The van der Waals surface area contributed by atoms with Crippen molar-refractivity contribution in [2.24, 2.45) is 5.73 Å². The third-order valence-electron chi connectivity index (χ3n) is 2.85. The number of nitrogens with two attached hydrogens (primary N) is 1. The second-order valence-electron chi connectivity index (χ2n) is 6.07. The van der Waals surface area contributed by atoms with Crippen LogP contribution < -0.4 is 11.1 Å². The van der Waals surface area contributed by atoms with Crippen LogP contribution in [0.3, 0.4) is 0 Å². The van der Waals surface area contributed by atoms with Crippen LogP contribution in [0.25, 0.3) is 0 Å². The fourth-order valence-corrected chi connectivity index (χ4v) is 1.82. The van der Waals surface area contributed by atoms with Crippen LogP contribution in [0.4, 0.5) is 0 Å². The zero-order valence-electron chi connectivity index (χ0n) is 13.1.